The molecule has 0 spiro atoms. The summed E-state index contributed by atoms with van der Waals surface area (Å²) >= 11 is 1.57. The van der Waals surface area contributed by atoms with Crippen LogP contribution in [0.15, 0.2) is 33.8 Å². The van der Waals surface area contributed by atoms with E-state index in [9.17, 15) is 0 Å². The van der Waals surface area contributed by atoms with Crippen LogP contribution in [0.1, 0.15) is 38.2 Å². The fourth-order valence-electron chi connectivity index (χ4n) is 1.96. The van der Waals surface area contributed by atoms with E-state index in [0.29, 0.717) is 11.6 Å². The number of aryl methyl sites for hydroxylation is 1. The Hall–Kier alpha value is -1.95. The number of hydrogen-bond donors (Lipinski definition) is 0. The van der Waals surface area contributed by atoms with Gasteiger partial charge in [-0.15, -0.1) is 0 Å². The van der Waals surface area contributed by atoms with Gasteiger partial charge in [-0.25, -0.2) is 9.97 Å². The molecule has 0 bridgehead atoms. The lowest BCUT2D eigenvalue weighted by Gasteiger charge is -2.10. The molecule has 2 aromatic heterocycles. The lowest BCUT2D eigenvalue weighted by molar-refractivity contribution is 0.373. The number of aromatic nitrogens is 4. The number of benzene rings is 1. The van der Waals surface area contributed by atoms with Crippen molar-refractivity contribution in [2.24, 2.45) is 0 Å². The van der Waals surface area contributed by atoms with E-state index in [4.69, 9.17) is 4.52 Å². The number of nitrogens with zero attached hydrogens (tertiary/aromatic N) is 4. The molecule has 0 atom stereocenters. The van der Waals surface area contributed by atoms with E-state index >= 15 is 0 Å². The van der Waals surface area contributed by atoms with Crippen molar-refractivity contribution in [1.82, 2.24) is 20.1 Å². The molecular weight excluding hydrogens is 296 g/mol. The van der Waals surface area contributed by atoms with Crippen LogP contribution in [-0.4, -0.2) is 20.1 Å². The molecule has 0 unspecified atom stereocenters. The van der Waals surface area contributed by atoms with E-state index in [1.165, 1.54) is 0 Å². The Labute approximate surface area is 133 Å². The van der Waals surface area contributed by atoms with Crippen molar-refractivity contribution in [2.75, 3.05) is 0 Å². The summed E-state index contributed by atoms with van der Waals surface area (Å²) in [6.07, 6.45) is 0. The first-order valence-electron chi connectivity index (χ1n) is 7.13. The van der Waals surface area contributed by atoms with E-state index in [2.05, 4.69) is 40.9 Å². The van der Waals surface area contributed by atoms with E-state index in [1.54, 1.807) is 11.8 Å². The topological polar surface area (TPSA) is 64.7 Å². The quantitative estimate of drug-likeness (QED) is 0.683. The monoisotopic (exact) mass is 314 g/mol. The maximum absolute atomic E-state index is 5.31. The van der Waals surface area contributed by atoms with E-state index < -0.39 is 0 Å². The normalized spacial score (nSPS) is 12.0. The Morgan fingerprint density at radius 3 is 2.36 bits per heavy atom. The van der Waals surface area contributed by atoms with Crippen LogP contribution in [0.25, 0.3) is 11.0 Å². The molecule has 0 radical (unpaired) electrons. The molecule has 3 rings (SSSR count). The first kappa shape index (κ1) is 15.0. The van der Waals surface area contributed by atoms with Gasteiger partial charge < -0.3 is 4.52 Å². The lowest BCUT2D eigenvalue weighted by Crippen LogP contribution is -2.13. The molecule has 2 heterocycles. The molecule has 0 fully saturated rings. The van der Waals surface area contributed by atoms with Crippen LogP contribution in [0.4, 0.5) is 0 Å². The van der Waals surface area contributed by atoms with Gasteiger partial charge in [-0.1, -0.05) is 49.8 Å². The number of thioether (sulfide) groups is 1. The smallest absolute Gasteiger partial charge is 0.237 e. The third-order valence-electron chi connectivity index (χ3n) is 3.17. The predicted octanol–water partition coefficient (Wildman–Crippen LogP) is 3.91. The summed E-state index contributed by atoms with van der Waals surface area (Å²) < 4.78 is 5.31. The zero-order chi connectivity index (χ0) is 15.7. The largest absolute Gasteiger partial charge is 0.338 e. The van der Waals surface area contributed by atoms with E-state index in [0.717, 1.165) is 27.6 Å². The van der Waals surface area contributed by atoms with Crippen molar-refractivity contribution in [3.63, 3.8) is 0 Å². The van der Waals surface area contributed by atoms with Crippen LogP contribution < -0.4 is 0 Å². The van der Waals surface area contributed by atoms with Crippen LogP contribution in [0.3, 0.4) is 0 Å². The van der Waals surface area contributed by atoms with Gasteiger partial charge in [0.25, 0.3) is 0 Å². The fraction of sp³-hybridized carbons (Fsp3) is 0.375. The van der Waals surface area contributed by atoms with Crippen molar-refractivity contribution in [3.8, 4) is 0 Å². The average molecular weight is 314 g/mol. The summed E-state index contributed by atoms with van der Waals surface area (Å²) in [6, 6.07) is 7.87. The van der Waals surface area contributed by atoms with Crippen molar-refractivity contribution >= 4 is 22.8 Å². The molecule has 1 aromatic carbocycles. The highest BCUT2D eigenvalue weighted by molar-refractivity contribution is 7.98. The highest BCUT2D eigenvalue weighted by Crippen LogP contribution is 2.26. The fourth-order valence-corrected chi connectivity index (χ4v) is 2.75. The molecule has 0 amide bonds. The second-order valence-corrected chi connectivity index (χ2v) is 7.12. The Morgan fingerprint density at radius 1 is 1.05 bits per heavy atom. The summed E-state index contributed by atoms with van der Waals surface area (Å²) in [7, 11) is 0. The first-order valence-corrected chi connectivity index (χ1v) is 8.11. The van der Waals surface area contributed by atoms with Crippen molar-refractivity contribution < 1.29 is 4.52 Å². The van der Waals surface area contributed by atoms with Crippen LogP contribution in [0, 0.1) is 6.92 Å². The molecule has 6 heteroatoms. The van der Waals surface area contributed by atoms with Crippen LogP contribution in [0.2, 0.25) is 0 Å². The molecule has 0 saturated carbocycles. The lowest BCUT2D eigenvalue weighted by atomic mass is 9.96. The highest BCUT2D eigenvalue weighted by Gasteiger charge is 2.21. The summed E-state index contributed by atoms with van der Waals surface area (Å²) in [5.41, 5.74) is 2.62. The number of hydrogen-bond acceptors (Lipinski definition) is 6. The van der Waals surface area contributed by atoms with Gasteiger partial charge in [0, 0.05) is 5.41 Å². The summed E-state index contributed by atoms with van der Waals surface area (Å²) in [5.74, 6) is 1.94. The molecule has 0 aliphatic rings. The van der Waals surface area contributed by atoms with Crippen LogP contribution in [0.5, 0.6) is 0 Å². The van der Waals surface area contributed by atoms with Gasteiger partial charge in [-0.2, -0.15) is 4.98 Å². The molecule has 0 aliphatic carbocycles. The number of fused-ring (bicyclic) bond motifs is 1. The Kier molecular flexibility index (Phi) is 3.87. The van der Waals surface area contributed by atoms with Crippen LogP contribution in [-0.2, 0) is 11.2 Å². The van der Waals surface area contributed by atoms with Gasteiger partial charge in [0.2, 0.25) is 5.89 Å². The maximum Gasteiger partial charge on any atom is 0.237 e. The standard InChI is InChI=1S/C16H18N4OS/c1-10-14(18-12-8-6-5-7-11(12)17-10)22-9-13-19-15(20-21-13)16(2,3)4/h5-8H,9H2,1-4H3. The van der Waals surface area contributed by atoms with Gasteiger partial charge in [0.15, 0.2) is 5.82 Å². The molecular formula is C16H18N4OS. The SMILES string of the molecule is Cc1nc2ccccc2nc1SCc1nc(C(C)(C)C)no1. The first-order chi connectivity index (χ1) is 10.4. The van der Waals surface area contributed by atoms with Crippen molar-refractivity contribution in [3.05, 3.63) is 41.7 Å². The molecule has 0 saturated heterocycles. The van der Waals surface area contributed by atoms with Gasteiger partial charge in [-0.3, -0.25) is 0 Å². The number of rotatable bonds is 3. The Morgan fingerprint density at radius 2 is 1.73 bits per heavy atom. The van der Waals surface area contributed by atoms with Gasteiger partial charge in [0.05, 0.1) is 22.5 Å². The zero-order valence-corrected chi connectivity index (χ0v) is 13.9. The van der Waals surface area contributed by atoms with Crippen LogP contribution >= 0.6 is 11.8 Å². The second kappa shape index (κ2) is 5.68. The van der Waals surface area contributed by atoms with Crippen molar-refractivity contribution in [2.45, 2.75) is 43.9 Å². The third kappa shape index (κ3) is 3.11. The summed E-state index contributed by atoms with van der Waals surface area (Å²) in [4.78, 5) is 13.7. The highest BCUT2D eigenvalue weighted by atomic mass is 32.2. The maximum atomic E-state index is 5.31. The Bertz CT molecular complexity index is 807. The van der Waals surface area contributed by atoms with Gasteiger partial charge >= 0.3 is 0 Å². The van der Waals surface area contributed by atoms with Gasteiger partial charge in [-0.05, 0) is 19.1 Å². The predicted molar refractivity (Wildman–Crippen MR) is 86.8 cm³/mol. The van der Waals surface area contributed by atoms with Crippen molar-refractivity contribution in [1.29, 1.82) is 0 Å². The summed E-state index contributed by atoms with van der Waals surface area (Å²) in [5, 5.41) is 4.93. The summed E-state index contributed by atoms with van der Waals surface area (Å²) in [6.45, 7) is 8.16. The third-order valence-corrected chi connectivity index (χ3v) is 4.22. The minimum Gasteiger partial charge on any atom is -0.338 e. The average Bonchev–Trinajstić information content (AvgIpc) is 2.94. The van der Waals surface area contributed by atoms with Gasteiger partial charge in [0.1, 0.15) is 5.03 Å². The molecule has 5 nitrogen and oxygen atoms in total. The van der Waals surface area contributed by atoms with E-state index in [-0.39, 0.29) is 5.41 Å². The number of para-hydroxylation sites is 2. The second-order valence-electron chi connectivity index (χ2n) is 6.15. The zero-order valence-electron chi connectivity index (χ0n) is 13.1. The van der Waals surface area contributed by atoms with E-state index in [1.807, 2.05) is 31.2 Å². The molecule has 0 aliphatic heterocycles. The Balaban J connectivity index is 1.79. The minimum absolute atomic E-state index is 0.106. The molecule has 3 aromatic rings. The molecule has 0 N–H and O–H groups in total. The molecule has 114 valence electrons. The minimum atomic E-state index is -0.106. The molecule has 22 heavy (non-hydrogen) atoms.